The van der Waals surface area contributed by atoms with Gasteiger partial charge in [0.2, 0.25) is 0 Å². The molecule has 0 radical (unpaired) electrons. The Balaban J connectivity index is 1.74. The van der Waals surface area contributed by atoms with Crippen LogP contribution < -0.4 is 10.6 Å². The van der Waals surface area contributed by atoms with E-state index in [1.54, 1.807) is 12.1 Å². The summed E-state index contributed by atoms with van der Waals surface area (Å²) in [6.07, 6.45) is -4.50. The summed E-state index contributed by atoms with van der Waals surface area (Å²) in [5.41, 5.74) is -0.721. The number of rotatable bonds is 6. The van der Waals surface area contributed by atoms with Crippen LogP contribution in [0.4, 0.5) is 24.5 Å². The van der Waals surface area contributed by atoms with E-state index in [0.29, 0.717) is 0 Å². The molecule has 0 saturated carbocycles. The number of nitro benzene ring substituents is 1. The van der Waals surface area contributed by atoms with Gasteiger partial charge in [0, 0.05) is 18.7 Å². The van der Waals surface area contributed by atoms with Gasteiger partial charge in [0.15, 0.2) is 0 Å². The van der Waals surface area contributed by atoms with Crippen LogP contribution in [0, 0.1) is 10.1 Å². The summed E-state index contributed by atoms with van der Waals surface area (Å²) in [7, 11) is 0. The van der Waals surface area contributed by atoms with Gasteiger partial charge in [0.25, 0.3) is 17.5 Å². The first-order chi connectivity index (χ1) is 15.6. The van der Waals surface area contributed by atoms with Crippen molar-refractivity contribution in [3.05, 3.63) is 104 Å². The summed E-state index contributed by atoms with van der Waals surface area (Å²) in [5, 5.41) is 15.7. The van der Waals surface area contributed by atoms with E-state index in [0.717, 1.165) is 24.3 Å². The molecule has 0 heterocycles. The quantitative estimate of drug-likeness (QED) is 0.364. The van der Waals surface area contributed by atoms with Crippen LogP contribution in [0.15, 0.2) is 66.7 Å². The SMILES string of the molecule is O=C(Nc1ccccc1C(=O)NCc1cccc(C(F)(F)F)c1)c1ccc([N+](=O)[O-])cc1Cl. The minimum Gasteiger partial charge on any atom is -0.348 e. The lowest BCUT2D eigenvalue weighted by molar-refractivity contribution is -0.384. The molecule has 11 heteroatoms. The van der Waals surface area contributed by atoms with E-state index in [1.807, 2.05) is 0 Å². The Kier molecular flexibility index (Phi) is 6.98. The summed E-state index contributed by atoms with van der Waals surface area (Å²) in [4.78, 5) is 35.4. The summed E-state index contributed by atoms with van der Waals surface area (Å²) in [6, 6.07) is 13.9. The Morgan fingerprint density at radius 3 is 2.33 bits per heavy atom. The maximum absolute atomic E-state index is 12.9. The first kappa shape index (κ1) is 23.7. The van der Waals surface area contributed by atoms with Crippen molar-refractivity contribution in [2.75, 3.05) is 5.32 Å². The zero-order valence-corrected chi connectivity index (χ0v) is 17.4. The van der Waals surface area contributed by atoms with Gasteiger partial charge in [-0.15, -0.1) is 0 Å². The molecule has 3 rings (SSSR count). The lowest BCUT2D eigenvalue weighted by Gasteiger charge is -2.13. The van der Waals surface area contributed by atoms with Gasteiger partial charge in [-0.3, -0.25) is 19.7 Å². The number of benzene rings is 3. The smallest absolute Gasteiger partial charge is 0.348 e. The number of nitrogens with zero attached hydrogens (tertiary/aromatic N) is 1. The number of non-ortho nitro benzene ring substituents is 1. The second-order valence-corrected chi connectivity index (χ2v) is 7.21. The Labute approximate surface area is 190 Å². The van der Waals surface area contributed by atoms with E-state index >= 15 is 0 Å². The van der Waals surface area contributed by atoms with Gasteiger partial charge in [-0.1, -0.05) is 35.9 Å². The number of halogens is 4. The number of hydrogen-bond donors (Lipinski definition) is 2. The average Bonchev–Trinajstić information content (AvgIpc) is 2.77. The van der Waals surface area contributed by atoms with E-state index < -0.39 is 28.5 Å². The van der Waals surface area contributed by atoms with Crippen molar-refractivity contribution in [3.8, 4) is 0 Å². The standard InChI is InChI=1S/C22H15ClF3N3O4/c23-18-11-15(29(32)33)8-9-16(18)21(31)28-19-7-2-1-6-17(19)20(30)27-12-13-4-3-5-14(10-13)22(24,25)26/h1-11H,12H2,(H,27,30)(H,28,31). The second kappa shape index (κ2) is 9.70. The van der Waals surface area contributed by atoms with Crippen molar-refractivity contribution in [2.45, 2.75) is 12.7 Å². The number of anilines is 1. The number of nitro groups is 1. The van der Waals surface area contributed by atoms with Gasteiger partial charge in [-0.05, 0) is 35.9 Å². The molecule has 2 amide bonds. The lowest BCUT2D eigenvalue weighted by Crippen LogP contribution is -2.25. The van der Waals surface area contributed by atoms with Crippen LogP contribution in [-0.2, 0) is 12.7 Å². The van der Waals surface area contributed by atoms with Crippen LogP contribution in [0.1, 0.15) is 31.8 Å². The highest BCUT2D eigenvalue weighted by Crippen LogP contribution is 2.29. The first-order valence-corrected chi connectivity index (χ1v) is 9.72. The minimum atomic E-state index is -4.50. The number of carbonyl (C=O) groups excluding carboxylic acids is 2. The van der Waals surface area contributed by atoms with E-state index in [2.05, 4.69) is 10.6 Å². The van der Waals surface area contributed by atoms with Gasteiger partial charge < -0.3 is 10.6 Å². The number of amides is 2. The number of alkyl halides is 3. The topological polar surface area (TPSA) is 101 Å². The summed E-state index contributed by atoms with van der Waals surface area (Å²) in [5.74, 6) is -1.33. The molecular formula is C22H15ClF3N3O4. The highest BCUT2D eigenvalue weighted by Gasteiger charge is 2.30. The molecule has 3 aromatic rings. The molecule has 0 bridgehead atoms. The summed E-state index contributed by atoms with van der Waals surface area (Å²) in [6.45, 7) is -0.167. The predicted octanol–water partition coefficient (Wildman–Crippen LogP) is 5.45. The molecule has 33 heavy (non-hydrogen) atoms. The number of nitrogens with one attached hydrogen (secondary N) is 2. The third-order valence-corrected chi connectivity index (χ3v) is 4.85. The molecule has 0 atom stereocenters. The van der Waals surface area contributed by atoms with Gasteiger partial charge in [0.1, 0.15) is 0 Å². The molecule has 170 valence electrons. The van der Waals surface area contributed by atoms with Crippen LogP contribution in [-0.4, -0.2) is 16.7 Å². The molecular weight excluding hydrogens is 463 g/mol. The fourth-order valence-electron chi connectivity index (χ4n) is 2.92. The monoisotopic (exact) mass is 477 g/mol. The fraction of sp³-hybridized carbons (Fsp3) is 0.0909. The highest BCUT2D eigenvalue weighted by atomic mass is 35.5. The van der Waals surface area contributed by atoms with Crippen LogP contribution in [0.25, 0.3) is 0 Å². The molecule has 0 aliphatic heterocycles. The third kappa shape index (κ3) is 5.86. The van der Waals surface area contributed by atoms with Crippen molar-refractivity contribution in [1.29, 1.82) is 0 Å². The van der Waals surface area contributed by atoms with Gasteiger partial charge >= 0.3 is 6.18 Å². The van der Waals surface area contributed by atoms with E-state index in [1.165, 1.54) is 30.3 Å². The molecule has 7 nitrogen and oxygen atoms in total. The Bertz CT molecular complexity index is 1230. The minimum absolute atomic E-state index is 0.0403. The lowest BCUT2D eigenvalue weighted by atomic mass is 10.1. The molecule has 3 aromatic carbocycles. The second-order valence-electron chi connectivity index (χ2n) is 6.80. The number of para-hydroxylation sites is 1. The zero-order valence-electron chi connectivity index (χ0n) is 16.7. The van der Waals surface area contributed by atoms with E-state index in [9.17, 15) is 32.9 Å². The molecule has 0 aliphatic rings. The number of hydrogen-bond acceptors (Lipinski definition) is 4. The van der Waals surface area contributed by atoms with Gasteiger partial charge in [-0.25, -0.2) is 0 Å². The van der Waals surface area contributed by atoms with E-state index in [-0.39, 0.29) is 39.6 Å². The Morgan fingerprint density at radius 2 is 1.67 bits per heavy atom. The normalized spacial score (nSPS) is 11.0. The van der Waals surface area contributed by atoms with Crippen molar-refractivity contribution in [1.82, 2.24) is 5.32 Å². The highest BCUT2D eigenvalue weighted by molar-refractivity contribution is 6.34. The maximum Gasteiger partial charge on any atom is 0.416 e. The molecule has 0 aromatic heterocycles. The summed E-state index contributed by atoms with van der Waals surface area (Å²) >= 11 is 5.97. The van der Waals surface area contributed by atoms with Crippen molar-refractivity contribution in [2.24, 2.45) is 0 Å². The molecule has 2 N–H and O–H groups in total. The van der Waals surface area contributed by atoms with Crippen LogP contribution >= 0.6 is 11.6 Å². The van der Waals surface area contributed by atoms with Crippen LogP contribution in [0.3, 0.4) is 0 Å². The fourth-order valence-corrected chi connectivity index (χ4v) is 3.18. The molecule has 0 unspecified atom stereocenters. The third-order valence-electron chi connectivity index (χ3n) is 4.54. The maximum atomic E-state index is 12.9. The molecule has 0 spiro atoms. The Hall–Kier alpha value is -3.92. The van der Waals surface area contributed by atoms with Crippen molar-refractivity contribution in [3.63, 3.8) is 0 Å². The largest absolute Gasteiger partial charge is 0.416 e. The van der Waals surface area contributed by atoms with Crippen LogP contribution in [0.5, 0.6) is 0 Å². The zero-order chi connectivity index (χ0) is 24.2. The Morgan fingerprint density at radius 1 is 0.939 bits per heavy atom. The van der Waals surface area contributed by atoms with Gasteiger partial charge in [-0.2, -0.15) is 13.2 Å². The molecule has 0 aliphatic carbocycles. The first-order valence-electron chi connectivity index (χ1n) is 9.35. The summed E-state index contributed by atoms with van der Waals surface area (Å²) < 4.78 is 38.6. The predicted molar refractivity (Wildman–Crippen MR) is 115 cm³/mol. The van der Waals surface area contributed by atoms with Crippen molar-refractivity contribution >= 4 is 34.8 Å². The molecule has 0 saturated heterocycles. The van der Waals surface area contributed by atoms with Crippen molar-refractivity contribution < 1.29 is 27.7 Å². The number of carbonyl (C=O) groups is 2. The van der Waals surface area contributed by atoms with Gasteiger partial charge in [0.05, 0.1) is 32.3 Å². The van der Waals surface area contributed by atoms with Crippen LogP contribution in [0.2, 0.25) is 5.02 Å². The van der Waals surface area contributed by atoms with E-state index in [4.69, 9.17) is 11.6 Å². The average molecular weight is 478 g/mol. The molecule has 0 fully saturated rings.